The zero-order chi connectivity index (χ0) is 13.0. The highest BCUT2D eigenvalue weighted by Crippen LogP contribution is 2.24. The molecule has 0 aromatic heterocycles. The van der Waals surface area contributed by atoms with Crippen molar-refractivity contribution in [1.82, 2.24) is 10.2 Å². The SMILES string of the molecule is CCNC1CCCN(C(C)c2ccc(C)cc2)C1. The van der Waals surface area contributed by atoms with E-state index in [0.717, 1.165) is 6.54 Å². The fraction of sp³-hybridized carbons (Fsp3) is 0.625. The maximum atomic E-state index is 3.59. The molecule has 2 rings (SSSR count). The van der Waals surface area contributed by atoms with Crippen LogP contribution in [0.2, 0.25) is 0 Å². The van der Waals surface area contributed by atoms with E-state index in [0.29, 0.717) is 12.1 Å². The first-order valence-corrected chi connectivity index (χ1v) is 7.24. The summed E-state index contributed by atoms with van der Waals surface area (Å²) >= 11 is 0. The standard InChI is InChI=1S/C16H26N2/c1-4-17-16-6-5-11-18(12-16)14(3)15-9-7-13(2)8-10-15/h7-10,14,16-17H,4-6,11-12H2,1-3H3. The lowest BCUT2D eigenvalue weighted by molar-refractivity contribution is 0.147. The molecule has 0 amide bonds. The number of nitrogens with one attached hydrogen (secondary N) is 1. The van der Waals surface area contributed by atoms with E-state index in [9.17, 15) is 0 Å². The predicted octanol–water partition coefficient (Wildman–Crippen LogP) is 3.13. The molecule has 1 N–H and O–H groups in total. The molecule has 2 atom stereocenters. The van der Waals surface area contributed by atoms with Crippen molar-refractivity contribution in [3.63, 3.8) is 0 Å². The predicted molar refractivity (Wildman–Crippen MR) is 77.9 cm³/mol. The van der Waals surface area contributed by atoms with Gasteiger partial charge in [0.15, 0.2) is 0 Å². The first-order chi connectivity index (χ1) is 8.70. The number of hydrogen-bond donors (Lipinski definition) is 1. The second kappa shape index (κ2) is 6.35. The second-order valence-corrected chi connectivity index (χ2v) is 5.48. The van der Waals surface area contributed by atoms with E-state index in [1.165, 1.54) is 37.1 Å². The highest BCUT2D eigenvalue weighted by atomic mass is 15.2. The van der Waals surface area contributed by atoms with Crippen molar-refractivity contribution in [2.75, 3.05) is 19.6 Å². The van der Waals surface area contributed by atoms with Crippen molar-refractivity contribution in [3.05, 3.63) is 35.4 Å². The number of benzene rings is 1. The van der Waals surface area contributed by atoms with Crippen molar-refractivity contribution in [2.24, 2.45) is 0 Å². The van der Waals surface area contributed by atoms with E-state index in [-0.39, 0.29) is 0 Å². The maximum absolute atomic E-state index is 3.59. The van der Waals surface area contributed by atoms with Crippen molar-refractivity contribution in [3.8, 4) is 0 Å². The Morgan fingerprint density at radius 1 is 1.33 bits per heavy atom. The highest BCUT2D eigenvalue weighted by Gasteiger charge is 2.23. The van der Waals surface area contributed by atoms with E-state index >= 15 is 0 Å². The lowest BCUT2D eigenvalue weighted by Crippen LogP contribution is -2.46. The number of piperidine rings is 1. The Kier molecular flexibility index (Phi) is 4.79. The van der Waals surface area contributed by atoms with Crippen LogP contribution < -0.4 is 5.32 Å². The van der Waals surface area contributed by atoms with Gasteiger partial charge >= 0.3 is 0 Å². The summed E-state index contributed by atoms with van der Waals surface area (Å²) in [7, 11) is 0. The Bertz CT molecular complexity index is 356. The number of likely N-dealkylation sites (N-methyl/N-ethyl adjacent to an activating group) is 1. The largest absolute Gasteiger partial charge is 0.313 e. The van der Waals surface area contributed by atoms with E-state index in [4.69, 9.17) is 0 Å². The van der Waals surface area contributed by atoms with Crippen molar-refractivity contribution in [2.45, 2.75) is 45.7 Å². The van der Waals surface area contributed by atoms with Gasteiger partial charge in [-0.2, -0.15) is 0 Å². The van der Waals surface area contributed by atoms with Gasteiger partial charge in [-0.15, -0.1) is 0 Å². The van der Waals surface area contributed by atoms with Crippen molar-refractivity contribution in [1.29, 1.82) is 0 Å². The number of likely N-dealkylation sites (tertiary alicyclic amines) is 1. The van der Waals surface area contributed by atoms with Gasteiger partial charge in [-0.25, -0.2) is 0 Å². The molecule has 1 aliphatic heterocycles. The van der Waals surface area contributed by atoms with Crippen LogP contribution >= 0.6 is 0 Å². The lowest BCUT2D eigenvalue weighted by atomic mass is 10.00. The Labute approximate surface area is 111 Å². The first kappa shape index (κ1) is 13.6. The summed E-state index contributed by atoms with van der Waals surface area (Å²) in [4.78, 5) is 2.61. The van der Waals surface area contributed by atoms with Gasteiger partial charge in [-0.3, -0.25) is 4.90 Å². The average Bonchev–Trinajstić information content (AvgIpc) is 2.39. The molecule has 0 bridgehead atoms. The first-order valence-electron chi connectivity index (χ1n) is 7.24. The fourth-order valence-electron chi connectivity index (χ4n) is 2.87. The van der Waals surface area contributed by atoms with Gasteiger partial charge in [0.2, 0.25) is 0 Å². The molecule has 1 aromatic carbocycles. The monoisotopic (exact) mass is 246 g/mol. The van der Waals surface area contributed by atoms with Crippen LogP contribution in [-0.4, -0.2) is 30.6 Å². The molecular weight excluding hydrogens is 220 g/mol. The van der Waals surface area contributed by atoms with Gasteiger partial charge in [0.05, 0.1) is 0 Å². The molecule has 0 radical (unpaired) electrons. The molecule has 2 heteroatoms. The van der Waals surface area contributed by atoms with Crippen LogP contribution in [0.5, 0.6) is 0 Å². The summed E-state index contributed by atoms with van der Waals surface area (Å²) in [5.41, 5.74) is 2.79. The number of hydrogen-bond acceptors (Lipinski definition) is 2. The van der Waals surface area contributed by atoms with Crippen LogP contribution in [-0.2, 0) is 0 Å². The average molecular weight is 246 g/mol. The summed E-state index contributed by atoms with van der Waals surface area (Å²) in [5.74, 6) is 0. The van der Waals surface area contributed by atoms with Gasteiger partial charge in [-0.05, 0) is 45.3 Å². The molecule has 1 aromatic rings. The van der Waals surface area contributed by atoms with Gasteiger partial charge < -0.3 is 5.32 Å². The van der Waals surface area contributed by atoms with Crippen LogP contribution in [0.1, 0.15) is 43.9 Å². The van der Waals surface area contributed by atoms with E-state index in [1.807, 2.05) is 0 Å². The normalized spacial score (nSPS) is 22.9. The minimum atomic E-state index is 0.534. The quantitative estimate of drug-likeness (QED) is 0.878. The van der Waals surface area contributed by atoms with E-state index in [1.54, 1.807) is 0 Å². The number of aryl methyl sites for hydroxylation is 1. The molecule has 100 valence electrons. The third kappa shape index (κ3) is 3.33. The molecule has 1 aliphatic rings. The Hall–Kier alpha value is -0.860. The highest BCUT2D eigenvalue weighted by molar-refractivity contribution is 5.23. The van der Waals surface area contributed by atoms with Crippen LogP contribution in [0.25, 0.3) is 0 Å². The maximum Gasteiger partial charge on any atom is 0.0320 e. The lowest BCUT2D eigenvalue weighted by Gasteiger charge is -2.37. The summed E-state index contributed by atoms with van der Waals surface area (Å²) < 4.78 is 0. The zero-order valence-electron chi connectivity index (χ0n) is 11.9. The zero-order valence-corrected chi connectivity index (χ0v) is 11.9. The van der Waals surface area contributed by atoms with Crippen LogP contribution in [0.15, 0.2) is 24.3 Å². The van der Waals surface area contributed by atoms with Crippen LogP contribution in [0, 0.1) is 6.92 Å². The molecule has 0 aliphatic carbocycles. The van der Waals surface area contributed by atoms with Crippen LogP contribution in [0.3, 0.4) is 0 Å². The Morgan fingerprint density at radius 3 is 2.72 bits per heavy atom. The van der Waals surface area contributed by atoms with Crippen molar-refractivity contribution >= 4 is 0 Å². The third-order valence-corrected chi connectivity index (χ3v) is 4.05. The number of rotatable bonds is 4. The van der Waals surface area contributed by atoms with Gasteiger partial charge in [0.25, 0.3) is 0 Å². The minimum Gasteiger partial charge on any atom is -0.313 e. The molecule has 18 heavy (non-hydrogen) atoms. The van der Waals surface area contributed by atoms with Gasteiger partial charge in [0.1, 0.15) is 0 Å². The molecule has 1 heterocycles. The summed E-state index contributed by atoms with van der Waals surface area (Å²) in [6.45, 7) is 10.2. The Morgan fingerprint density at radius 2 is 2.06 bits per heavy atom. The molecule has 0 saturated carbocycles. The summed E-state index contributed by atoms with van der Waals surface area (Å²) in [6.07, 6.45) is 2.64. The van der Waals surface area contributed by atoms with Crippen molar-refractivity contribution < 1.29 is 0 Å². The smallest absolute Gasteiger partial charge is 0.0320 e. The van der Waals surface area contributed by atoms with Gasteiger partial charge in [0, 0.05) is 18.6 Å². The fourth-order valence-corrected chi connectivity index (χ4v) is 2.87. The molecule has 0 spiro atoms. The Balaban J connectivity index is 1.99. The molecular formula is C16H26N2. The molecule has 1 fully saturated rings. The molecule has 2 unspecified atom stereocenters. The second-order valence-electron chi connectivity index (χ2n) is 5.48. The summed E-state index contributed by atoms with van der Waals surface area (Å²) in [6, 6.07) is 10.2. The van der Waals surface area contributed by atoms with E-state index < -0.39 is 0 Å². The molecule has 1 saturated heterocycles. The van der Waals surface area contributed by atoms with E-state index in [2.05, 4.69) is 55.3 Å². The topological polar surface area (TPSA) is 15.3 Å². The number of nitrogens with zero attached hydrogens (tertiary/aromatic N) is 1. The summed E-state index contributed by atoms with van der Waals surface area (Å²) in [5, 5.41) is 3.59. The molecule has 2 nitrogen and oxygen atoms in total. The minimum absolute atomic E-state index is 0.534. The van der Waals surface area contributed by atoms with Crippen LogP contribution in [0.4, 0.5) is 0 Å². The third-order valence-electron chi connectivity index (χ3n) is 4.05. The van der Waals surface area contributed by atoms with Gasteiger partial charge in [-0.1, -0.05) is 36.8 Å².